The molecule has 18 nitrogen and oxygen atoms in total. The molecule has 4 aliphatic heterocycles. The number of sulfonamides is 2. The number of nitrogens with one attached hydrogen (secondary N) is 2. The Kier molecular flexibility index (Phi) is 22.0. The molecule has 4 aromatic carbocycles. The molecular weight excluding hydrogens is 1300 g/mol. The number of fused-ring (bicyclic) bond motifs is 8. The summed E-state index contributed by atoms with van der Waals surface area (Å²) in [5.74, 6) is 0.826. The van der Waals surface area contributed by atoms with Gasteiger partial charge in [0.05, 0.1) is 47.3 Å². The number of carbonyl (C=O) groups is 4. The van der Waals surface area contributed by atoms with Crippen molar-refractivity contribution in [1.82, 2.24) is 19.2 Å². The first-order valence-electron chi connectivity index (χ1n) is 34.6. The van der Waals surface area contributed by atoms with Crippen molar-refractivity contribution >= 4 is 78.3 Å². The summed E-state index contributed by atoms with van der Waals surface area (Å²) in [5.41, 5.74) is 6.52. The summed E-state index contributed by atoms with van der Waals surface area (Å²) in [6, 6.07) is 22.8. The van der Waals surface area contributed by atoms with Gasteiger partial charge in [-0.2, -0.15) is 0 Å². The Morgan fingerprint density at radius 2 is 1.00 bits per heavy atom. The average Bonchev–Trinajstić information content (AvgIpc) is 1.49. The highest BCUT2D eigenvalue weighted by Crippen LogP contribution is 2.50. The lowest BCUT2D eigenvalue weighted by molar-refractivity contribution is -0.148. The molecule has 12 rings (SSSR count). The molecule has 8 aliphatic rings. The average molecular weight is 1400 g/mol. The molecule has 0 radical (unpaired) electrons. The van der Waals surface area contributed by atoms with Gasteiger partial charge in [-0.3, -0.25) is 19.2 Å². The maximum atomic E-state index is 13.4. The number of rotatable bonds is 8. The van der Waals surface area contributed by atoms with Gasteiger partial charge in [0.25, 0.3) is 23.6 Å². The van der Waals surface area contributed by atoms with Gasteiger partial charge in [-0.25, -0.2) is 26.3 Å². The Hall–Kier alpha value is -6.16. The van der Waals surface area contributed by atoms with Crippen LogP contribution in [0, 0.1) is 23.7 Å². The Balaban J connectivity index is 0.000000195. The van der Waals surface area contributed by atoms with Crippen LogP contribution in [0.1, 0.15) is 161 Å². The predicted octanol–water partition coefficient (Wildman–Crippen LogP) is 11.8. The minimum Gasteiger partial charge on any atom is -0.490 e. The van der Waals surface area contributed by atoms with Gasteiger partial charge >= 0.3 is 0 Å². The van der Waals surface area contributed by atoms with Crippen LogP contribution in [0.15, 0.2) is 97.1 Å². The highest BCUT2D eigenvalue weighted by Gasteiger charge is 2.48. The number of likely N-dealkylation sites (N-methyl/N-ethyl adjacent to an activating group) is 2. The number of amides is 4. The molecule has 2 spiro atoms. The van der Waals surface area contributed by atoms with Crippen molar-refractivity contribution in [2.24, 2.45) is 23.7 Å². The van der Waals surface area contributed by atoms with Crippen LogP contribution >= 0.6 is 23.2 Å². The molecule has 2 saturated carbocycles. The number of hydrogen-bond donors (Lipinski definition) is 2. The Labute approximate surface area is 578 Å². The Morgan fingerprint density at radius 3 is 1.36 bits per heavy atom. The quantitative estimate of drug-likeness (QED) is 0.157. The molecule has 0 saturated heterocycles. The van der Waals surface area contributed by atoms with Crippen molar-refractivity contribution in [1.29, 1.82) is 0 Å². The number of allylic oxidation sites excluding steroid dienone is 2. The van der Waals surface area contributed by atoms with Gasteiger partial charge in [0.1, 0.15) is 23.7 Å². The number of carbonyl (C=O) groups excluding carboxylic acids is 4. The van der Waals surface area contributed by atoms with Crippen molar-refractivity contribution < 1.29 is 55.0 Å². The van der Waals surface area contributed by atoms with Gasteiger partial charge in [0, 0.05) is 86.4 Å². The second-order valence-electron chi connectivity index (χ2n) is 28.6. The molecule has 0 unspecified atom stereocenters. The third-order valence-electron chi connectivity index (χ3n) is 21.8. The van der Waals surface area contributed by atoms with Crippen LogP contribution in [0.5, 0.6) is 11.5 Å². The number of anilines is 2. The molecule has 0 aromatic heterocycles. The number of hydrogen-bond acceptors (Lipinski definition) is 14. The number of aryl methyl sites for hydroxylation is 2. The lowest BCUT2D eigenvalue weighted by atomic mass is 9.68. The molecule has 12 atom stereocenters. The lowest BCUT2D eigenvalue weighted by Crippen LogP contribution is -2.50. The van der Waals surface area contributed by atoms with Gasteiger partial charge in [-0.05, 0) is 223 Å². The van der Waals surface area contributed by atoms with E-state index in [4.69, 9.17) is 42.1 Å². The minimum atomic E-state index is -3.92. The maximum absolute atomic E-state index is 13.4. The highest BCUT2D eigenvalue weighted by molar-refractivity contribution is 7.91. The van der Waals surface area contributed by atoms with Crippen LogP contribution in [-0.2, 0) is 62.8 Å². The van der Waals surface area contributed by atoms with Gasteiger partial charge in [0.15, 0.2) is 0 Å². The van der Waals surface area contributed by atoms with Gasteiger partial charge < -0.3 is 38.5 Å². The minimum absolute atomic E-state index is 0.0616. The zero-order chi connectivity index (χ0) is 68.4. The molecule has 2 fully saturated rings. The van der Waals surface area contributed by atoms with E-state index in [1.54, 1.807) is 88.2 Å². The van der Waals surface area contributed by atoms with Crippen molar-refractivity contribution in [2.45, 2.75) is 176 Å². The third kappa shape index (κ3) is 15.3. The van der Waals surface area contributed by atoms with Gasteiger partial charge in [-0.15, -0.1) is 0 Å². The largest absolute Gasteiger partial charge is 0.490 e. The van der Waals surface area contributed by atoms with E-state index in [2.05, 4.69) is 43.5 Å². The summed E-state index contributed by atoms with van der Waals surface area (Å²) >= 11 is 12.9. The summed E-state index contributed by atoms with van der Waals surface area (Å²) < 4.78 is 84.0. The van der Waals surface area contributed by atoms with Crippen LogP contribution in [0.2, 0.25) is 10.0 Å². The van der Waals surface area contributed by atoms with Gasteiger partial charge in [0.2, 0.25) is 20.0 Å². The standard InChI is InChI=1S/2C37H48ClN3O6S/c2*1-5-32(36(43)40(3)4)47-33-11-7-6-9-24(2)48(44,45)39-35(42)26-13-17-34-31(20-26)41(21-27-12-15-29(27)33)22-37(23-46-34)18-8-10-25-19-28(38)14-16-30(25)37/h2*7,11,13-14,16-17,19-20,24,27,29,32-33H,5-6,8-10,12,15,18,21-23H2,1-4H3,(H,39,42)/b2*11-7+/t24-,27+,29-,32+,33+,37+;24-,27+,29-,32-,33+,37+/m11/s1. The molecule has 520 valence electrons. The Bertz CT molecular complexity index is 3600. The van der Waals surface area contributed by atoms with Crippen LogP contribution in [0.4, 0.5) is 11.4 Å². The fourth-order valence-electron chi connectivity index (χ4n) is 15.8. The zero-order valence-electron chi connectivity index (χ0n) is 56.8. The number of benzene rings is 4. The van der Waals surface area contributed by atoms with Crippen LogP contribution in [0.3, 0.4) is 0 Å². The lowest BCUT2D eigenvalue weighted by Gasteiger charge is -2.46. The summed E-state index contributed by atoms with van der Waals surface area (Å²) in [6.45, 7) is 10.9. The predicted molar refractivity (Wildman–Crippen MR) is 377 cm³/mol. The van der Waals surface area contributed by atoms with E-state index < -0.39 is 54.6 Å². The number of ether oxygens (including phenoxy) is 4. The summed E-state index contributed by atoms with van der Waals surface area (Å²) in [7, 11) is -0.862. The number of nitrogens with zero attached hydrogens (tertiary/aromatic N) is 4. The number of halogens is 2. The van der Waals surface area contributed by atoms with E-state index in [1.165, 1.54) is 22.3 Å². The first-order chi connectivity index (χ1) is 45.8. The summed E-state index contributed by atoms with van der Waals surface area (Å²) in [6.07, 6.45) is 18.9. The van der Waals surface area contributed by atoms with Gasteiger partial charge in [-0.1, -0.05) is 73.5 Å². The van der Waals surface area contributed by atoms with E-state index >= 15 is 0 Å². The molecule has 4 aromatic rings. The van der Waals surface area contributed by atoms with Crippen molar-refractivity contribution in [3.63, 3.8) is 0 Å². The first-order valence-corrected chi connectivity index (χ1v) is 38.5. The van der Waals surface area contributed by atoms with Crippen LogP contribution < -0.4 is 28.7 Å². The summed E-state index contributed by atoms with van der Waals surface area (Å²) in [5, 5.41) is -0.117. The molecule has 4 bridgehead atoms. The molecule has 22 heteroatoms. The van der Waals surface area contributed by atoms with Crippen molar-refractivity contribution in [2.75, 3.05) is 77.4 Å². The molecule has 2 N–H and O–H groups in total. The van der Waals surface area contributed by atoms with E-state index in [1.807, 2.05) is 50.3 Å². The normalized spacial score (nSPS) is 29.6. The van der Waals surface area contributed by atoms with Crippen LogP contribution in [-0.4, -0.2) is 153 Å². The maximum Gasteiger partial charge on any atom is 0.264 e. The molecule has 4 aliphatic carbocycles. The van der Waals surface area contributed by atoms with E-state index in [-0.39, 0.29) is 69.7 Å². The van der Waals surface area contributed by atoms with Crippen molar-refractivity contribution in [3.05, 3.63) is 141 Å². The zero-order valence-corrected chi connectivity index (χ0v) is 60.0. The van der Waals surface area contributed by atoms with E-state index in [9.17, 15) is 36.0 Å². The molecule has 96 heavy (non-hydrogen) atoms. The van der Waals surface area contributed by atoms with Crippen LogP contribution in [0.25, 0.3) is 0 Å². The molecular formula is C74H96Cl2N6O12S2. The SMILES string of the molecule is CC[C@@H](O[C@H]1/C=C/CC[C@@H](C)S(=O)(=O)NC(=O)c2ccc3c(c2)N(C[C@@H]2CC[C@H]21)C[C@@]1(CCCc2cc(Cl)ccc21)CO3)C(=O)N(C)C.CC[C@H](O[C@H]1/C=C/CC[C@@H](C)S(=O)(=O)NC(=O)c2ccc3c(c2)N(C[C@@H]2CC[C@H]21)C[C@@]1(CCCc2cc(Cl)ccc21)CO3)C(=O)N(C)C. The fourth-order valence-corrected chi connectivity index (χ4v) is 18.2. The topological polar surface area (TPSA) is 210 Å². The van der Waals surface area contributed by atoms with E-state index in [0.717, 1.165) is 85.6 Å². The first kappa shape index (κ1) is 71.1. The summed E-state index contributed by atoms with van der Waals surface area (Å²) in [4.78, 5) is 60.8. The smallest absolute Gasteiger partial charge is 0.264 e. The molecule has 4 heterocycles. The second kappa shape index (κ2) is 29.7. The van der Waals surface area contributed by atoms with E-state index in [0.29, 0.717) is 89.4 Å². The van der Waals surface area contributed by atoms with Crippen molar-refractivity contribution in [3.8, 4) is 11.5 Å². The third-order valence-corrected chi connectivity index (χ3v) is 25.8. The fraction of sp³-hybridized carbons (Fsp3) is 0.568. The molecule has 4 amide bonds. The second-order valence-corrected chi connectivity index (χ2v) is 33.7. The monoisotopic (exact) mass is 1390 g/mol. The Morgan fingerprint density at radius 1 is 0.594 bits per heavy atom. The highest BCUT2D eigenvalue weighted by atomic mass is 35.5.